The number of amides is 1. The number of carbonyl (C=O) groups excluding carboxylic acids is 1. The zero-order valence-electron chi connectivity index (χ0n) is 14.8. The predicted octanol–water partition coefficient (Wildman–Crippen LogP) is 2.81. The molecule has 1 N–H and O–H groups in total. The van der Waals surface area contributed by atoms with Gasteiger partial charge < -0.3 is 15.1 Å². The predicted molar refractivity (Wildman–Crippen MR) is 97.7 cm³/mol. The lowest BCUT2D eigenvalue weighted by molar-refractivity contribution is -0.137. The quantitative estimate of drug-likeness (QED) is 0.792. The minimum Gasteiger partial charge on any atom is -0.336 e. The standard InChI is InChI=1S/C18H31N3OS/c1-4-20(5-2)10-11-21(14-17-7-6-12-23-17)18(22)16-8-9-19-15(3)13-16/h6-7,12,15-16,19H,4-5,8-11,13-14H2,1-3H3/t15-,16-/m0/s1. The fourth-order valence-electron chi connectivity index (χ4n) is 3.27. The summed E-state index contributed by atoms with van der Waals surface area (Å²) in [5.74, 6) is 0.529. The van der Waals surface area contributed by atoms with E-state index in [1.54, 1.807) is 11.3 Å². The van der Waals surface area contributed by atoms with E-state index in [0.29, 0.717) is 11.9 Å². The van der Waals surface area contributed by atoms with Crippen LogP contribution in [0.4, 0.5) is 0 Å². The van der Waals surface area contributed by atoms with Crippen molar-refractivity contribution < 1.29 is 4.79 Å². The van der Waals surface area contributed by atoms with Gasteiger partial charge in [0.25, 0.3) is 0 Å². The Hall–Kier alpha value is -0.910. The number of hydrogen-bond donors (Lipinski definition) is 1. The van der Waals surface area contributed by atoms with Crippen molar-refractivity contribution in [1.82, 2.24) is 15.1 Å². The van der Waals surface area contributed by atoms with E-state index in [0.717, 1.165) is 52.1 Å². The van der Waals surface area contributed by atoms with Crippen LogP contribution >= 0.6 is 11.3 Å². The average molecular weight is 338 g/mol. The molecule has 0 saturated carbocycles. The molecule has 130 valence electrons. The lowest BCUT2D eigenvalue weighted by Crippen LogP contribution is -2.45. The molecule has 1 fully saturated rings. The van der Waals surface area contributed by atoms with Crippen LogP contribution in [0.2, 0.25) is 0 Å². The SMILES string of the molecule is CCN(CC)CCN(Cc1cccs1)C(=O)[C@H]1CCN[C@@H](C)C1. The van der Waals surface area contributed by atoms with Gasteiger partial charge in [0, 0.05) is 29.9 Å². The molecule has 1 aromatic heterocycles. The van der Waals surface area contributed by atoms with E-state index in [2.05, 4.69) is 53.4 Å². The van der Waals surface area contributed by atoms with Gasteiger partial charge >= 0.3 is 0 Å². The topological polar surface area (TPSA) is 35.6 Å². The molecule has 0 unspecified atom stereocenters. The maximum Gasteiger partial charge on any atom is 0.226 e. The largest absolute Gasteiger partial charge is 0.336 e. The molecule has 2 atom stereocenters. The summed E-state index contributed by atoms with van der Waals surface area (Å²) in [4.78, 5) is 18.8. The Morgan fingerprint density at radius 1 is 1.35 bits per heavy atom. The summed E-state index contributed by atoms with van der Waals surface area (Å²) in [6.07, 6.45) is 1.93. The van der Waals surface area contributed by atoms with Gasteiger partial charge in [-0.1, -0.05) is 19.9 Å². The molecule has 0 radical (unpaired) electrons. The van der Waals surface area contributed by atoms with Crippen LogP contribution in [0.5, 0.6) is 0 Å². The molecule has 0 aliphatic carbocycles. The van der Waals surface area contributed by atoms with E-state index < -0.39 is 0 Å². The van der Waals surface area contributed by atoms with E-state index in [1.807, 2.05) is 0 Å². The molecular weight excluding hydrogens is 306 g/mol. The van der Waals surface area contributed by atoms with Crippen molar-refractivity contribution in [3.8, 4) is 0 Å². The Labute approximate surface area is 144 Å². The van der Waals surface area contributed by atoms with Gasteiger partial charge in [0.05, 0.1) is 6.54 Å². The zero-order valence-corrected chi connectivity index (χ0v) is 15.6. The molecule has 2 heterocycles. The minimum absolute atomic E-state index is 0.183. The highest BCUT2D eigenvalue weighted by Crippen LogP contribution is 2.21. The summed E-state index contributed by atoms with van der Waals surface area (Å²) in [6.45, 7) is 12.1. The molecule has 1 aromatic rings. The molecule has 1 amide bonds. The second-order valence-corrected chi connectivity index (χ2v) is 7.47. The van der Waals surface area contributed by atoms with Crippen LogP contribution in [0.1, 0.15) is 38.5 Å². The number of thiophene rings is 1. The highest BCUT2D eigenvalue weighted by molar-refractivity contribution is 7.09. The van der Waals surface area contributed by atoms with Crippen LogP contribution in [-0.4, -0.2) is 54.5 Å². The molecule has 23 heavy (non-hydrogen) atoms. The van der Waals surface area contributed by atoms with Crippen LogP contribution in [0.25, 0.3) is 0 Å². The van der Waals surface area contributed by atoms with Gasteiger partial charge in [0.2, 0.25) is 5.91 Å². The Balaban J connectivity index is 2.00. The highest BCUT2D eigenvalue weighted by Gasteiger charge is 2.28. The van der Waals surface area contributed by atoms with Crippen molar-refractivity contribution in [3.63, 3.8) is 0 Å². The number of piperidine rings is 1. The fourth-order valence-corrected chi connectivity index (χ4v) is 3.99. The fraction of sp³-hybridized carbons (Fsp3) is 0.722. The molecule has 1 saturated heterocycles. The Kier molecular flexibility index (Phi) is 7.53. The Bertz CT molecular complexity index is 459. The summed E-state index contributed by atoms with van der Waals surface area (Å²) in [6, 6.07) is 4.65. The van der Waals surface area contributed by atoms with E-state index in [9.17, 15) is 4.79 Å². The van der Waals surface area contributed by atoms with Gasteiger partial charge in [-0.15, -0.1) is 11.3 Å². The lowest BCUT2D eigenvalue weighted by atomic mass is 9.92. The third kappa shape index (κ3) is 5.59. The first-order chi connectivity index (χ1) is 11.1. The van der Waals surface area contributed by atoms with Gasteiger partial charge in [-0.2, -0.15) is 0 Å². The third-order valence-electron chi connectivity index (χ3n) is 4.79. The molecule has 0 aromatic carbocycles. The van der Waals surface area contributed by atoms with Gasteiger partial charge in [0.15, 0.2) is 0 Å². The zero-order chi connectivity index (χ0) is 16.7. The first kappa shape index (κ1) is 18.4. The average Bonchev–Trinajstić information content (AvgIpc) is 3.07. The monoisotopic (exact) mass is 337 g/mol. The molecule has 2 rings (SSSR count). The first-order valence-electron chi connectivity index (χ1n) is 8.90. The lowest BCUT2D eigenvalue weighted by Gasteiger charge is -2.33. The normalized spacial score (nSPS) is 21.6. The van der Waals surface area contributed by atoms with Crippen LogP contribution in [0, 0.1) is 5.92 Å². The summed E-state index contributed by atoms with van der Waals surface area (Å²) in [5, 5.41) is 5.54. The summed E-state index contributed by atoms with van der Waals surface area (Å²) in [5.41, 5.74) is 0. The maximum absolute atomic E-state index is 13.0. The molecule has 1 aliphatic rings. The van der Waals surface area contributed by atoms with Crippen LogP contribution in [0.3, 0.4) is 0 Å². The Morgan fingerprint density at radius 3 is 2.74 bits per heavy atom. The van der Waals surface area contributed by atoms with Crippen molar-refractivity contribution in [2.75, 3.05) is 32.7 Å². The van der Waals surface area contributed by atoms with Crippen molar-refractivity contribution >= 4 is 17.2 Å². The van der Waals surface area contributed by atoms with Crippen LogP contribution < -0.4 is 5.32 Å². The summed E-state index contributed by atoms with van der Waals surface area (Å²) < 4.78 is 0. The summed E-state index contributed by atoms with van der Waals surface area (Å²) in [7, 11) is 0. The van der Waals surface area contributed by atoms with Crippen LogP contribution in [0.15, 0.2) is 17.5 Å². The molecular formula is C18H31N3OS. The molecule has 1 aliphatic heterocycles. The van der Waals surface area contributed by atoms with Gasteiger partial charge in [-0.05, 0) is 50.8 Å². The van der Waals surface area contributed by atoms with E-state index in [-0.39, 0.29) is 5.92 Å². The van der Waals surface area contributed by atoms with Gasteiger partial charge in [-0.25, -0.2) is 0 Å². The maximum atomic E-state index is 13.0. The van der Waals surface area contributed by atoms with Crippen molar-refractivity contribution in [2.24, 2.45) is 5.92 Å². The van der Waals surface area contributed by atoms with E-state index in [1.165, 1.54) is 4.88 Å². The smallest absolute Gasteiger partial charge is 0.226 e. The van der Waals surface area contributed by atoms with Crippen molar-refractivity contribution in [2.45, 2.75) is 46.2 Å². The van der Waals surface area contributed by atoms with E-state index >= 15 is 0 Å². The molecule has 0 spiro atoms. The molecule has 5 heteroatoms. The first-order valence-corrected chi connectivity index (χ1v) is 9.78. The molecule has 0 bridgehead atoms. The third-order valence-corrected chi connectivity index (χ3v) is 5.65. The number of nitrogens with one attached hydrogen (secondary N) is 1. The number of rotatable bonds is 8. The van der Waals surface area contributed by atoms with E-state index in [4.69, 9.17) is 0 Å². The number of carbonyl (C=O) groups is 1. The van der Waals surface area contributed by atoms with Crippen molar-refractivity contribution in [1.29, 1.82) is 0 Å². The summed E-state index contributed by atoms with van der Waals surface area (Å²) >= 11 is 1.74. The second-order valence-electron chi connectivity index (χ2n) is 6.44. The number of likely N-dealkylation sites (N-methyl/N-ethyl adjacent to an activating group) is 1. The number of hydrogen-bond acceptors (Lipinski definition) is 4. The van der Waals surface area contributed by atoms with Crippen LogP contribution in [-0.2, 0) is 11.3 Å². The minimum atomic E-state index is 0.183. The second kappa shape index (κ2) is 9.40. The van der Waals surface area contributed by atoms with Gasteiger partial charge in [-0.3, -0.25) is 4.79 Å². The Morgan fingerprint density at radius 2 is 2.13 bits per heavy atom. The number of nitrogens with zero attached hydrogens (tertiary/aromatic N) is 2. The highest BCUT2D eigenvalue weighted by atomic mass is 32.1. The molecule has 4 nitrogen and oxygen atoms in total. The van der Waals surface area contributed by atoms with Gasteiger partial charge in [0.1, 0.15) is 0 Å². The van der Waals surface area contributed by atoms with Crippen molar-refractivity contribution in [3.05, 3.63) is 22.4 Å².